The summed E-state index contributed by atoms with van der Waals surface area (Å²) in [6.07, 6.45) is -3.82. The molecule has 1 aromatic carbocycles. The average Bonchev–Trinajstić information content (AvgIpc) is 2.66. The summed E-state index contributed by atoms with van der Waals surface area (Å²) in [7, 11) is 3.57. The van der Waals surface area contributed by atoms with Gasteiger partial charge in [-0.25, -0.2) is 9.59 Å². The van der Waals surface area contributed by atoms with Gasteiger partial charge in [-0.15, -0.1) is 0 Å². The van der Waals surface area contributed by atoms with Crippen LogP contribution in [0.1, 0.15) is 12.0 Å². The van der Waals surface area contributed by atoms with Crippen molar-refractivity contribution < 1.29 is 38.4 Å². The third-order valence-corrected chi connectivity index (χ3v) is 4.04. The second-order valence-corrected chi connectivity index (χ2v) is 5.54. The molecule has 0 radical (unpaired) electrons. The molecule has 138 valence electrons. The van der Waals surface area contributed by atoms with Crippen LogP contribution in [0.15, 0.2) is 30.3 Å². The molecular formula is C17H22O8. The van der Waals surface area contributed by atoms with E-state index in [0.717, 1.165) is 12.7 Å². The van der Waals surface area contributed by atoms with Crippen LogP contribution >= 0.6 is 0 Å². The minimum Gasteiger partial charge on any atom is -0.467 e. The Morgan fingerprint density at radius 1 is 1.20 bits per heavy atom. The highest BCUT2D eigenvalue weighted by Crippen LogP contribution is 2.34. The zero-order chi connectivity index (χ0) is 18.4. The summed E-state index contributed by atoms with van der Waals surface area (Å²) in [5.41, 5.74) is 0.872. The van der Waals surface area contributed by atoms with Crippen molar-refractivity contribution in [2.45, 2.75) is 37.1 Å². The predicted molar refractivity (Wildman–Crippen MR) is 84.3 cm³/mol. The van der Waals surface area contributed by atoms with Gasteiger partial charge in [0, 0.05) is 13.5 Å². The Hall–Kier alpha value is -2.00. The highest BCUT2D eigenvalue weighted by atomic mass is 16.7. The van der Waals surface area contributed by atoms with Crippen molar-refractivity contribution in [3.05, 3.63) is 35.9 Å². The van der Waals surface area contributed by atoms with Crippen LogP contribution in [-0.4, -0.2) is 62.5 Å². The highest BCUT2D eigenvalue weighted by Gasteiger charge is 2.55. The van der Waals surface area contributed by atoms with E-state index in [0.29, 0.717) is 0 Å². The van der Waals surface area contributed by atoms with E-state index < -0.39 is 36.0 Å². The minimum atomic E-state index is -1.87. The molecule has 1 heterocycles. The van der Waals surface area contributed by atoms with Crippen molar-refractivity contribution in [2.24, 2.45) is 0 Å². The number of aliphatic hydroxyl groups is 1. The first-order valence-electron chi connectivity index (χ1n) is 7.70. The molecule has 1 fully saturated rings. The molecule has 1 saturated heterocycles. The van der Waals surface area contributed by atoms with Crippen LogP contribution < -0.4 is 0 Å². The maximum atomic E-state index is 12.1. The van der Waals surface area contributed by atoms with Crippen molar-refractivity contribution in [1.29, 1.82) is 0 Å². The number of aliphatic hydroxyl groups excluding tert-OH is 1. The lowest BCUT2D eigenvalue weighted by molar-refractivity contribution is -0.306. The molecule has 0 unspecified atom stereocenters. The van der Waals surface area contributed by atoms with Gasteiger partial charge in [0.1, 0.15) is 6.10 Å². The molecular weight excluding hydrogens is 332 g/mol. The number of hydrogen-bond donors (Lipinski definition) is 1. The number of rotatable bonds is 6. The third-order valence-electron chi connectivity index (χ3n) is 4.04. The molecule has 25 heavy (non-hydrogen) atoms. The molecule has 1 aliphatic rings. The molecule has 0 saturated carbocycles. The van der Waals surface area contributed by atoms with Crippen molar-refractivity contribution >= 4 is 11.9 Å². The maximum Gasteiger partial charge on any atom is 0.366 e. The Labute approximate surface area is 145 Å². The number of ether oxygens (including phenoxy) is 5. The summed E-state index contributed by atoms with van der Waals surface area (Å²) < 4.78 is 25.7. The maximum absolute atomic E-state index is 12.1. The van der Waals surface area contributed by atoms with E-state index in [4.69, 9.17) is 18.9 Å². The van der Waals surface area contributed by atoms with Crippen molar-refractivity contribution in [1.82, 2.24) is 0 Å². The normalized spacial score (nSPS) is 29.0. The molecule has 0 spiro atoms. The molecule has 2 rings (SSSR count). The van der Waals surface area contributed by atoms with E-state index in [2.05, 4.69) is 4.74 Å². The topological polar surface area (TPSA) is 101 Å². The van der Waals surface area contributed by atoms with Crippen LogP contribution in [0.2, 0.25) is 0 Å². The number of methoxy groups -OCH3 is 3. The molecule has 8 nitrogen and oxygen atoms in total. The Bertz CT molecular complexity index is 590. The van der Waals surface area contributed by atoms with Crippen LogP contribution in [0, 0.1) is 0 Å². The second kappa shape index (κ2) is 8.39. The minimum absolute atomic E-state index is 0.141. The number of carbonyl (C=O) groups is 2. The summed E-state index contributed by atoms with van der Waals surface area (Å²) in [4.78, 5) is 24.1. The first kappa shape index (κ1) is 19.3. The van der Waals surface area contributed by atoms with Gasteiger partial charge < -0.3 is 28.8 Å². The summed E-state index contributed by atoms with van der Waals surface area (Å²) in [5, 5.41) is 10.4. The zero-order valence-corrected chi connectivity index (χ0v) is 14.3. The van der Waals surface area contributed by atoms with Crippen molar-refractivity contribution in [2.75, 3.05) is 21.3 Å². The third kappa shape index (κ3) is 4.16. The Balaban J connectivity index is 2.23. The van der Waals surface area contributed by atoms with E-state index in [-0.39, 0.29) is 13.0 Å². The SMILES string of the molecule is COC(=O)[C@H]1O[C@@](OC)(C(=O)OC)C[C@@H](OCc2ccccc2)[C@H]1O. The van der Waals surface area contributed by atoms with Gasteiger partial charge in [-0.2, -0.15) is 0 Å². The number of hydrogen-bond acceptors (Lipinski definition) is 8. The van der Waals surface area contributed by atoms with Gasteiger partial charge in [0.2, 0.25) is 0 Å². The summed E-state index contributed by atoms with van der Waals surface area (Å²) in [6.45, 7) is 0.178. The first-order chi connectivity index (χ1) is 12.0. The van der Waals surface area contributed by atoms with E-state index in [1.807, 2.05) is 30.3 Å². The Morgan fingerprint density at radius 2 is 1.88 bits per heavy atom. The van der Waals surface area contributed by atoms with Gasteiger partial charge in [0.15, 0.2) is 6.10 Å². The van der Waals surface area contributed by atoms with Gasteiger partial charge in [-0.05, 0) is 5.56 Å². The van der Waals surface area contributed by atoms with E-state index in [1.54, 1.807) is 0 Å². The van der Waals surface area contributed by atoms with E-state index in [9.17, 15) is 14.7 Å². The second-order valence-electron chi connectivity index (χ2n) is 5.54. The van der Waals surface area contributed by atoms with Crippen LogP contribution in [0.25, 0.3) is 0 Å². The number of carbonyl (C=O) groups excluding carboxylic acids is 2. The standard InChI is InChI=1S/C17H22O8/c1-21-15(19)14-13(18)12(24-10-11-7-5-4-6-8-11)9-17(23-3,25-14)16(20)22-2/h4-8,12-14,18H,9-10H2,1-3H3/t12-,13-,14+,17-/m1/s1. The van der Waals surface area contributed by atoms with Crippen LogP contribution in [0.5, 0.6) is 0 Å². The molecule has 1 aromatic rings. The number of benzene rings is 1. The molecule has 0 amide bonds. The van der Waals surface area contributed by atoms with Crippen LogP contribution in [0.4, 0.5) is 0 Å². The molecule has 8 heteroatoms. The Kier molecular flexibility index (Phi) is 6.49. The lowest BCUT2D eigenvalue weighted by Crippen LogP contribution is -2.62. The largest absolute Gasteiger partial charge is 0.467 e. The zero-order valence-electron chi connectivity index (χ0n) is 14.3. The molecule has 1 N–H and O–H groups in total. The van der Waals surface area contributed by atoms with Gasteiger partial charge >= 0.3 is 11.9 Å². The predicted octanol–water partition coefficient (Wildman–Crippen LogP) is 0.410. The van der Waals surface area contributed by atoms with Gasteiger partial charge in [0.05, 0.1) is 26.9 Å². The summed E-state index contributed by atoms with van der Waals surface area (Å²) >= 11 is 0. The average molecular weight is 354 g/mol. The van der Waals surface area contributed by atoms with Crippen LogP contribution in [0.3, 0.4) is 0 Å². The van der Waals surface area contributed by atoms with E-state index in [1.165, 1.54) is 14.2 Å². The van der Waals surface area contributed by atoms with Crippen LogP contribution in [-0.2, 0) is 39.9 Å². The highest BCUT2D eigenvalue weighted by molar-refractivity contribution is 5.80. The smallest absolute Gasteiger partial charge is 0.366 e. The molecule has 0 aromatic heterocycles. The number of esters is 2. The molecule has 0 bridgehead atoms. The lowest BCUT2D eigenvalue weighted by Gasteiger charge is -2.42. The fourth-order valence-electron chi connectivity index (χ4n) is 2.64. The summed E-state index contributed by atoms with van der Waals surface area (Å²) in [5.74, 6) is -3.54. The molecule has 4 atom stereocenters. The van der Waals surface area contributed by atoms with Gasteiger partial charge in [0.25, 0.3) is 5.79 Å². The lowest BCUT2D eigenvalue weighted by atomic mass is 9.94. The quantitative estimate of drug-likeness (QED) is 0.733. The fourth-order valence-corrected chi connectivity index (χ4v) is 2.64. The van der Waals surface area contributed by atoms with Crippen molar-refractivity contribution in [3.8, 4) is 0 Å². The fraction of sp³-hybridized carbons (Fsp3) is 0.529. The monoisotopic (exact) mass is 354 g/mol. The Morgan fingerprint density at radius 3 is 2.44 bits per heavy atom. The first-order valence-corrected chi connectivity index (χ1v) is 7.70. The summed E-state index contributed by atoms with van der Waals surface area (Å²) in [6, 6.07) is 9.28. The van der Waals surface area contributed by atoms with Gasteiger partial charge in [-0.3, -0.25) is 0 Å². The molecule has 0 aliphatic carbocycles. The van der Waals surface area contributed by atoms with Gasteiger partial charge in [-0.1, -0.05) is 30.3 Å². The molecule has 1 aliphatic heterocycles. The van der Waals surface area contributed by atoms with Crippen molar-refractivity contribution in [3.63, 3.8) is 0 Å². The van der Waals surface area contributed by atoms with E-state index >= 15 is 0 Å².